The minimum Gasteiger partial charge on any atom is -0.383 e. The molecule has 2 aromatic heterocycles. The number of alkyl halides is 3. The minimum absolute atomic E-state index is 0.324. The van der Waals surface area contributed by atoms with Crippen LogP contribution in [0.25, 0.3) is 22.8 Å². The average molecular weight is 374 g/mol. The standard InChI is InChI=1S/C19H17F3N4O/c1-27-10-9-24-17-12-16(13-5-4-6-14(11-13)19(20,21)22)25-18(26-17)15-7-2-3-8-23-15/h2-8,11-12H,9-10H2,1H3,(H,24,25,26). The number of rotatable bonds is 6. The topological polar surface area (TPSA) is 59.9 Å². The predicted octanol–water partition coefficient (Wildman–Crippen LogP) is 4.28. The number of anilines is 1. The Labute approximate surface area is 154 Å². The molecule has 140 valence electrons. The Hall–Kier alpha value is -3.00. The van der Waals surface area contributed by atoms with Gasteiger partial charge in [0.15, 0.2) is 5.82 Å². The van der Waals surface area contributed by atoms with Crippen LogP contribution in [0.15, 0.2) is 54.7 Å². The molecule has 2 heterocycles. The molecule has 0 atom stereocenters. The van der Waals surface area contributed by atoms with Gasteiger partial charge in [0.25, 0.3) is 0 Å². The van der Waals surface area contributed by atoms with Crippen molar-refractivity contribution < 1.29 is 17.9 Å². The van der Waals surface area contributed by atoms with Crippen LogP contribution in [-0.2, 0) is 10.9 Å². The van der Waals surface area contributed by atoms with Gasteiger partial charge in [-0.3, -0.25) is 4.98 Å². The van der Waals surface area contributed by atoms with Gasteiger partial charge in [0.05, 0.1) is 17.9 Å². The van der Waals surface area contributed by atoms with E-state index in [4.69, 9.17) is 4.74 Å². The first kappa shape index (κ1) is 18.8. The van der Waals surface area contributed by atoms with Gasteiger partial charge in [0, 0.05) is 31.5 Å². The number of pyridine rings is 1. The summed E-state index contributed by atoms with van der Waals surface area (Å²) in [6.45, 7) is 0.957. The van der Waals surface area contributed by atoms with Crippen LogP contribution in [-0.4, -0.2) is 35.2 Å². The summed E-state index contributed by atoms with van der Waals surface area (Å²) < 4.78 is 44.1. The lowest BCUT2D eigenvalue weighted by molar-refractivity contribution is -0.137. The molecule has 8 heteroatoms. The van der Waals surface area contributed by atoms with Crippen molar-refractivity contribution in [3.63, 3.8) is 0 Å². The Morgan fingerprint density at radius 1 is 1.00 bits per heavy atom. The second-order valence-corrected chi connectivity index (χ2v) is 5.68. The molecule has 27 heavy (non-hydrogen) atoms. The Balaban J connectivity index is 2.05. The first-order valence-corrected chi connectivity index (χ1v) is 8.18. The van der Waals surface area contributed by atoms with Gasteiger partial charge in [-0.25, -0.2) is 9.97 Å². The van der Waals surface area contributed by atoms with E-state index in [0.29, 0.717) is 41.7 Å². The summed E-state index contributed by atoms with van der Waals surface area (Å²) in [7, 11) is 1.58. The van der Waals surface area contributed by atoms with Crippen molar-refractivity contribution in [2.24, 2.45) is 0 Å². The third-order valence-electron chi connectivity index (χ3n) is 3.72. The van der Waals surface area contributed by atoms with Gasteiger partial charge in [-0.2, -0.15) is 13.2 Å². The largest absolute Gasteiger partial charge is 0.416 e. The van der Waals surface area contributed by atoms with Crippen molar-refractivity contribution in [2.75, 3.05) is 25.6 Å². The number of hydrogen-bond acceptors (Lipinski definition) is 5. The van der Waals surface area contributed by atoms with Gasteiger partial charge in [0.2, 0.25) is 0 Å². The van der Waals surface area contributed by atoms with E-state index in [1.165, 1.54) is 6.07 Å². The number of methoxy groups -OCH3 is 1. The number of ether oxygens (including phenoxy) is 1. The molecule has 5 nitrogen and oxygen atoms in total. The van der Waals surface area contributed by atoms with E-state index in [0.717, 1.165) is 12.1 Å². The Morgan fingerprint density at radius 2 is 1.85 bits per heavy atom. The molecule has 3 rings (SSSR count). The van der Waals surface area contributed by atoms with Crippen molar-refractivity contribution in [1.29, 1.82) is 0 Å². The molecule has 0 saturated heterocycles. The highest BCUT2D eigenvalue weighted by molar-refractivity contribution is 5.67. The van der Waals surface area contributed by atoms with Crippen LogP contribution >= 0.6 is 0 Å². The fourth-order valence-corrected chi connectivity index (χ4v) is 2.43. The quantitative estimate of drug-likeness (QED) is 0.653. The Bertz CT molecular complexity index is 901. The van der Waals surface area contributed by atoms with Gasteiger partial charge in [-0.05, 0) is 24.3 Å². The minimum atomic E-state index is -4.42. The maximum Gasteiger partial charge on any atom is 0.416 e. The molecule has 0 radical (unpaired) electrons. The van der Waals surface area contributed by atoms with Crippen LogP contribution in [0.4, 0.5) is 19.0 Å². The highest BCUT2D eigenvalue weighted by atomic mass is 19.4. The molecule has 1 aromatic carbocycles. The summed E-state index contributed by atoms with van der Waals surface area (Å²) in [4.78, 5) is 13.0. The fourth-order valence-electron chi connectivity index (χ4n) is 2.43. The molecule has 0 saturated carbocycles. The SMILES string of the molecule is COCCNc1cc(-c2cccc(C(F)(F)F)c2)nc(-c2ccccn2)n1. The Kier molecular flexibility index (Phi) is 5.66. The van der Waals surface area contributed by atoms with Crippen molar-refractivity contribution in [1.82, 2.24) is 15.0 Å². The lowest BCUT2D eigenvalue weighted by Crippen LogP contribution is -2.10. The summed E-state index contributed by atoms with van der Waals surface area (Å²) in [5.74, 6) is 0.806. The molecule has 0 aliphatic rings. The summed E-state index contributed by atoms with van der Waals surface area (Å²) in [6, 6.07) is 11.9. The van der Waals surface area contributed by atoms with Crippen LogP contribution in [0, 0.1) is 0 Å². The summed E-state index contributed by atoms with van der Waals surface area (Å²) in [5.41, 5.74) is 0.517. The van der Waals surface area contributed by atoms with Gasteiger partial charge in [-0.1, -0.05) is 18.2 Å². The van der Waals surface area contributed by atoms with Crippen molar-refractivity contribution in [3.8, 4) is 22.8 Å². The second-order valence-electron chi connectivity index (χ2n) is 5.68. The van der Waals surface area contributed by atoms with Crippen LogP contribution in [0.1, 0.15) is 5.56 Å². The molecule has 0 unspecified atom stereocenters. The first-order valence-electron chi connectivity index (χ1n) is 8.18. The molecule has 1 N–H and O–H groups in total. The number of nitrogens with zero attached hydrogens (tertiary/aromatic N) is 3. The lowest BCUT2D eigenvalue weighted by Gasteiger charge is -2.12. The zero-order valence-electron chi connectivity index (χ0n) is 14.5. The highest BCUT2D eigenvalue weighted by Gasteiger charge is 2.30. The molecular formula is C19H17F3N4O. The second kappa shape index (κ2) is 8.13. The maximum absolute atomic E-state index is 13.0. The highest BCUT2D eigenvalue weighted by Crippen LogP contribution is 2.32. The average Bonchev–Trinajstić information content (AvgIpc) is 2.68. The molecule has 0 aliphatic carbocycles. The van der Waals surface area contributed by atoms with Crippen molar-refractivity contribution in [2.45, 2.75) is 6.18 Å². The van der Waals surface area contributed by atoms with Crippen LogP contribution < -0.4 is 5.32 Å². The van der Waals surface area contributed by atoms with E-state index in [-0.39, 0.29) is 0 Å². The zero-order valence-corrected chi connectivity index (χ0v) is 14.5. The fraction of sp³-hybridized carbons (Fsp3) is 0.211. The molecule has 0 spiro atoms. The molecule has 0 bridgehead atoms. The molecule has 0 aliphatic heterocycles. The summed E-state index contributed by atoms with van der Waals surface area (Å²) >= 11 is 0. The summed E-state index contributed by atoms with van der Waals surface area (Å²) in [5, 5.41) is 3.08. The van der Waals surface area contributed by atoms with E-state index in [1.807, 2.05) is 0 Å². The third-order valence-corrected chi connectivity index (χ3v) is 3.72. The van der Waals surface area contributed by atoms with E-state index in [1.54, 1.807) is 43.6 Å². The normalized spacial score (nSPS) is 11.4. The van der Waals surface area contributed by atoms with Gasteiger partial charge in [0.1, 0.15) is 11.5 Å². The van der Waals surface area contributed by atoms with Crippen molar-refractivity contribution >= 4 is 5.82 Å². The van der Waals surface area contributed by atoms with Crippen LogP contribution in [0.5, 0.6) is 0 Å². The number of benzene rings is 1. The van der Waals surface area contributed by atoms with Gasteiger partial charge >= 0.3 is 6.18 Å². The van der Waals surface area contributed by atoms with E-state index in [2.05, 4.69) is 20.3 Å². The number of aromatic nitrogens is 3. The smallest absolute Gasteiger partial charge is 0.383 e. The van der Waals surface area contributed by atoms with E-state index < -0.39 is 11.7 Å². The first-order chi connectivity index (χ1) is 13.0. The third kappa shape index (κ3) is 4.79. The van der Waals surface area contributed by atoms with Crippen LogP contribution in [0.2, 0.25) is 0 Å². The molecular weight excluding hydrogens is 357 g/mol. The summed E-state index contributed by atoms with van der Waals surface area (Å²) in [6.07, 6.45) is -2.82. The predicted molar refractivity (Wildman–Crippen MR) is 96.1 cm³/mol. The van der Waals surface area contributed by atoms with Crippen LogP contribution in [0.3, 0.4) is 0 Å². The maximum atomic E-state index is 13.0. The van der Waals surface area contributed by atoms with E-state index in [9.17, 15) is 13.2 Å². The number of halogens is 3. The van der Waals surface area contributed by atoms with Gasteiger partial charge < -0.3 is 10.1 Å². The monoisotopic (exact) mass is 374 g/mol. The van der Waals surface area contributed by atoms with Gasteiger partial charge in [-0.15, -0.1) is 0 Å². The molecule has 0 fully saturated rings. The number of hydrogen-bond donors (Lipinski definition) is 1. The molecule has 0 amide bonds. The Morgan fingerprint density at radius 3 is 2.56 bits per heavy atom. The van der Waals surface area contributed by atoms with Crippen molar-refractivity contribution in [3.05, 3.63) is 60.3 Å². The van der Waals surface area contributed by atoms with E-state index >= 15 is 0 Å². The zero-order chi connectivity index (χ0) is 19.3. The lowest BCUT2D eigenvalue weighted by atomic mass is 10.1. The molecule has 3 aromatic rings. The number of nitrogens with one attached hydrogen (secondary N) is 1.